The summed E-state index contributed by atoms with van der Waals surface area (Å²) < 4.78 is 4.58. The smallest absolute Gasteiger partial charge is 0.412 e. The number of nitrogens with zero attached hydrogens (tertiary/aromatic N) is 1. The van der Waals surface area contributed by atoms with Gasteiger partial charge in [-0.1, -0.05) is 42.0 Å². The van der Waals surface area contributed by atoms with E-state index in [-0.39, 0.29) is 6.42 Å². The van der Waals surface area contributed by atoms with Crippen molar-refractivity contribution in [3.05, 3.63) is 60.9 Å². The fourth-order valence-electron chi connectivity index (χ4n) is 1.97. The van der Waals surface area contributed by atoms with Gasteiger partial charge in [0.05, 0.1) is 18.7 Å². The van der Waals surface area contributed by atoms with Crippen molar-refractivity contribution >= 4 is 23.9 Å². The van der Waals surface area contributed by atoms with Crippen LogP contribution in [-0.4, -0.2) is 28.9 Å². The summed E-state index contributed by atoms with van der Waals surface area (Å²) in [5.74, 6) is -2.36. The van der Waals surface area contributed by atoms with Gasteiger partial charge in [-0.05, 0) is 5.56 Å². The molecule has 0 aromatic heterocycles. The second-order valence-corrected chi connectivity index (χ2v) is 4.65. The minimum Gasteiger partial charge on any atom is -0.419 e. The van der Waals surface area contributed by atoms with Gasteiger partial charge in [-0.3, -0.25) is 9.59 Å². The van der Waals surface area contributed by atoms with Gasteiger partial charge >= 0.3 is 12.1 Å². The SMILES string of the molecule is C=COC(=O)NC(CC(=O)ON1C(=O)C=CC1=O)c1ccccc1. The molecule has 0 saturated heterocycles. The Morgan fingerprint density at radius 3 is 2.38 bits per heavy atom. The maximum absolute atomic E-state index is 12.0. The van der Waals surface area contributed by atoms with Crippen LogP contribution in [0.25, 0.3) is 0 Å². The van der Waals surface area contributed by atoms with Crippen molar-refractivity contribution in [3.8, 4) is 0 Å². The summed E-state index contributed by atoms with van der Waals surface area (Å²) in [5, 5.41) is 2.83. The Morgan fingerprint density at radius 2 is 1.79 bits per heavy atom. The summed E-state index contributed by atoms with van der Waals surface area (Å²) in [7, 11) is 0. The Morgan fingerprint density at radius 1 is 1.17 bits per heavy atom. The second-order valence-electron chi connectivity index (χ2n) is 4.65. The zero-order chi connectivity index (χ0) is 17.5. The molecule has 1 aromatic carbocycles. The number of imide groups is 1. The quantitative estimate of drug-likeness (QED) is 0.624. The van der Waals surface area contributed by atoms with Crippen LogP contribution in [0, 0.1) is 0 Å². The summed E-state index contributed by atoms with van der Waals surface area (Å²) in [4.78, 5) is 51.1. The van der Waals surface area contributed by atoms with Gasteiger partial charge in [0, 0.05) is 12.2 Å². The van der Waals surface area contributed by atoms with Crippen LogP contribution in [0.3, 0.4) is 0 Å². The molecular formula is C16H14N2O6. The van der Waals surface area contributed by atoms with Crippen LogP contribution in [0.15, 0.2) is 55.3 Å². The van der Waals surface area contributed by atoms with Gasteiger partial charge in [0.25, 0.3) is 11.8 Å². The lowest BCUT2D eigenvalue weighted by Crippen LogP contribution is -2.35. The van der Waals surface area contributed by atoms with Crippen molar-refractivity contribution in [1.82, 2.24) is 10.4 Å². The van der Waals surface area contributed by atoms with Gasteiger partial charge in [0.1, 0.15) is 0 Å². The Labute approximate surface area is 137 Å². The van der Waals surface area contributed by atoms with Gasteiger partial charge in [-0.15, -0.1) is 0 Å². The number of ether oxygens (including phenoxy) is 1. The molecule has 8 nitrogen and oxygen atoms in total. The number of alkyl carbamates (subject to hydrolysis) is 1. The van der Waals surface area contributed by atoms with Crippen LogP contribution in [0.2, 0.25) is 0 Å². The fraction of sp³-hybridized carbons (Fsp3) is 0.125. The number of hydrogen-bond donors (Lipinski definition) is 1. The van der Waals surface area contributed by atoms with E-state index in [1.54, 1.807) is 30.3 Å². The number of benzene rings is 1. The topological polar surface area (TPSA) is 102 Å². The summed E-state index contributed by atoms with van der Waals surface area (Å²) in [6.45, 7) is 3.26. The van der Waals surface area contributed by atoms with Crippen molar-refractivity contribution in [2.45, 2.75) is 12.5 Å². The van der Waals surface area contributed by atoms with Gasteiger partial charge < -0.3 is 14.9 Å². The molecule has 24 heavy (non-hydrogen) atoms. The third kappa shape index (κ3) is 4.29. The lowest BCUT2D eigenvalue weighted by Gasteiger charge is -2.19. The molecule has 0 saturated carbocycles. The number of carbonyl (C=O) groups excluding carboxylic acids is 4. The van der Waals surface area contributed by atoms with Crippen LogP contribution in [0.5, 0.6) is 0 Å². The first-order valence-corrected chi connectivity index (χ1v) is 6.91. The highest BCUT2D eigenvalue weighted by Gasteiger charge is 2.29. The second kappa shape index (κ2) is 7.73. The molecule has 124 valence electrons. The maximum atomic E-state index is 12.0. The highest BCUT2D eigenvalue weighted by Crippen LogP contribution is 2.18. The number of amides is 3. The van der Waals surface area contributed by atoms with Gasteiger partial charge in [0.15, 0.2) is 0 Å². The van der Waals surface area contributed by atoms with E-state index < -0.39 is 29.9 Å². The lowest BCUT2D eigenvalue weighted by atomic mass is 10.0. The van der Waals surface area contributed by atoms with E-state index in [0.29, 0.717) is 10.6 Å². The van der Waals surface area contributed by atoms with E-state index in [1.807, 2.05) is 0 Å². The van der Waals surface area contributed by atoms with Crippen molar-refractivity contribution in [2.75, 3.05) is 0 Å². The van der Waals surface area contributed by atoms with Crippen LogP contribution in [0.1, 0.15) is 18.0 Å². The number of carbonyl (C=O) groups is 4. The predicted octanol–water partition coefficient (Wildman–Crippen LogP) is 1.37. The molecule has 0 bridgehead atoms. The maximum Gasteiger partial charge on any atom is 0.412 e. The Bertz CT molecular complexity index is 680. The van der Waals surface area contributed by atoms with Crippen molar-refractivity contribution in [1.29, 1.82) is 0 Å². The molecule has 1 aliphatic rings. The zero-order valence-electron chi connectivity index (χ0n) is 12.5. The molecule has 1 unspecified atom stereocenters. The molecule has 3 amide bonds. The van der Waals surface area contributed by atoms with Gasteiger partial charge in [-0.2, -0.15) is 0 Å². The van der Waals surface area contributed by atoms with E-state index in [0.717, 1.165) is 18.4 Å². The molecule has 1 atom stereocenters. The molecule has 0 fully saturated rings. The number of rotatable bonds is 6. The Kier molecular flexibility index (Phi) is 5.45. The Balaban J connectivity index is 2.05. The monoisotopic (exact) mass is 330 g/mol. The van der Waals surface area contributed by atoms with E-state index in [4.69, 9.17) is 4.84 Å². The van der Waals surface area contributed by atoms with Gasteiger partial charge in [-0.25, -0.2) is 9.59 Å². The van der Waals surface area contributed by atoms with Crippen LogP contribution in [-0.2, 0) is 24.0 Å². The number of hydroxylamine groups is 2. The first-order chi connectivity index (χ1) is 11.5. The lowest BCUT2D eigenvalue weighted by molar-refractivity contribution is -0.196. The van der Waals surface area contributed by atoms with Crippen molar-refractivity contribution in [2.24, 2.45) is 0 Å². The molecule has 8 heteroatoms. The predicted molar refractivity (Wildman–Crippen MR) is 80.7 cm³/mol. The first kappa shape index (κ1) is 16.9. The highest BCUT2D eigenvalue weighted by molar-refractivity contribution is 6.12. The third-order valence-corrected chi connectivity index (χ3v) is 3.02. The highest BCUT2D eigenvalue weighted by atomic mass is 16.7. The van der Waals surface area contributed by atoms with Crippen molar-refractivity contribution < 1.29 is 28.8 Å². The molecule has 0 spiro atoms. The van der Waals surface area contributed by atoms with Crippen LogP contribution in [0.4, 0.5) is 4.79 Å². The molecule has 2 rings (SSSR count). The number of hydrogen-bond acceptors (Lipinski definition) is 6. The van der Waals surface area contributed by atoms with Crippen LogP contribution < -0.4 is 5.32 Å². The van der Waals surface area contributed by atoms with E-state index in [9.17, 15) is 19.2 Å². The molecule has 1 heterocycles. The van der Waals surface area contributed by atoms with Crippen LogP contribution >= 0.6 is 0 Å². The summed E-state index contributed by atoms with van der Waals surface area (Å²) in [6, 6.07) is 7.84. The third-order valence-electron chi connectivity index (χ3n) is 3.02. The van der Waals surface area contributed by atoms with E-state index in [1.165, 1.54) is 0 Å². The molecule has 0 radical (unpaired) electrons. The molecule has 1 aromatic rings. The van der Waals surface area contributed by atoms with E-state index in [2.05, 4.69) is 16.6 Å². The van der Waals surface area contributed by atoms with Gasteiger partial charge in [0.2, 0.25) is 0 Å². The largest absolute Gasteiger partial charge is 0.419 e. The minimum atomic E-state index is -0.867. The van der Waals surface area contributed by atoms with Crippen molar-refractivity contribution in [3.63, 3.8) is 0 Å². The summed E-state index contributed by atoms with van der Waals surface area (Å²) in [5.41, 5.74) is 0.618. The summed E-state index contributed by atoms with van der Waals surface area (Å²) >= 11 is 0. The zero-order valence-corrected chi connectivity index (χ0v) is 12.5. The molecule has 1 N–H and O–H groups in total. The average Bonchev–Trinajstić information content (AvgIpc) is 2.87. The molecular weight excluding hydrogens is 316 g/mol. The standard InChI is InChI=1S/C16H14N2O6/c1-2-23-16(22)17-12(11-6-4-3-5-7-11)10-15(21)24-18-13(19)8-9-14(18)20/h2-9,12H,1,10H2,(H,17,22). The molecule has 0 aliphatic carbocycles. The molecule has 1 aliphatic heterocycles. The number of nitrogens with one attached hydrogen (secondary N) is 1. The Hall–Kier alpha value is -3.42. The first-order valence-electron chi connectivity index (χ1n) is 6.91. The normalized spacial score (nSPS) is 14.2. The summed E-state index contributed by atoms with van der Waals surface area (Å²) in [6.07, 6.45) is 1.81. The fourth-order valence-corrected chi connectivity index (χ4v) is 1.97. The van der Waals surface area contributed by atoms with E-state index >= 15 is 0 Å². The average molecular weight is 330 g/mol. The minimum absolute atomic E-state index is 0.312.